The Bertz CT molecular complexity index is 1110. The number of carbonyl (C=O) groups is 2. The quantitative estimate of drug-likeness (QED) is 0.602. The maximum Gasteiger partial charge on any atom is 0.233 e. The van der Waals surface area contributed by atoms with Crippen LogP contribution in [0.1, 0.15) is 22.5 Å². The number of hydrogen-bond donors (Lipinski definition) is 1. The van der Waals surface area contributed by atoms with Crippen molar-refractivity contribution in [1.82, 2.24) is 19.7 Å². The van der Waals surface area contributed by atoms with Gasteiger partial charge in [-0.1, -0.05) is 54.2 Å². The van der Waals surface area contributed by atoms with Gasteiger partial charge in [0.2, 0.25) is 11.8 Å². The molecule has 0 fully saturated rings. The molecule has 2 heterocycles. The summed E-state index contributed by atoms with van der Waals surface area (Å²) in [4.78, 5) is 27.0. The van der Waals surface area contributed by atoms with Crippen LogP contribution >= 0.6 is 11.8 Å². The van der Waals surface area contributed by atoms with Crippen LogP contribution in [-0.2, 0) is 36.0 Å². The van der Waals surface area contributed by atoms with Crippen molar-refractivity contribution in [3.8, 4) is 0 Å². The molecule has 0 saturated carbocycles. The minimum absolute atomic E-state index is 0.0846. The van der Waals surface area contributed by atoms with Crippen molar-refractivity contribution >= 4 is 29.3 Å². The molecule has 2 aromatic carbocycles. The lowest BCUT2D eigenvalue weighted by atomic mass is 10.00. The number of aryl methyl sites for hydroxylation is 1. The fourth-order valence-corrected chi connectivity index (χ4v) is 4.43. The molecule has 4 rings (SSSR count). The smallest absolute Gasteiger partial charge is 0.233 e. The van der Waals surface area contributed by atoms with Gasteiger partial charge in [-0.15, -0.1) is 10.2 Å². The maximum absolute atomic E-state index is 12.7. The zero-order chi connectivity index (χ0) is 21.8. The van der Waals surface area contributed by atoms with Crippen molar-refractivity contribution in [2.75, 3.05) is 17.6 Å². The SMILES string of the molecule is Cc1ccccc1NC(=O)Cc1nnc(SCC(=O)N2CCc3ccccc3C2)n1C. The summed E-state index contributed by atoms with van der Waals surface area (Å²) >= 11 is 1.35. The van der Waals surface area contributed by atoms with Crippen molar-refractivity contribution in [2.24, 2.45) is 7.05 Å². The summed E-state index contributed by atoms with van der Waals surface area (Å²) in [6.45, 7) is 3.34. The van der Waals surface area contributed by atoms with E-state index < -0.39 is 0 Å². The lowest BCUT2D eigenvalue weighted by Gasteiger charge is -2.28. The van der Waals surface area contributed by atoms with Crippen LogP contribution in [-0.4, -0.2) is 43.8 Å². The first-order valence-corrected chi connectivity index (χ1v) is 11.2. The van der Waals surface area contributed by atoms with Gasteiger partial charge in [0.05, 0.1) is 12.2 Å². The van der Waals surface area contributed by atoms with E-state index in [0.717, 1.165) is 24.2 Å². The number of nitrogens with zero attached hydrogens (tertiary/aromatic N) is 4. The average Bonchev–Trinajstić information content (AvgIpc) is 3.12. The third-order valence-corrected chi connectivity index (χ3v) is 6.48. The summed E-state index contributed by atoms with van der Waals surface area (Å²) in [5.74, 6) is 0.794. The highest BCUT2D eigenvalue weighted by molar-refractivity contribution is 7.99. The summed E-state index contributed by atoms with van der Waals surface area (Å²) in [7, 11) is 1.82. The molecule has 1 aromatic heterocycles. The normalized spacial score (nSPS) is 13.0. The van der Waals surface area contributed by atoms with Crippen molar-refractivity contribution < 1.29 is 9.59 Å². The number of amides is 2. The second kappa shape index (κ2) is 9.34. The molecule has 0 atom stereocenters. The monoisotopic (exact) mass is 435 g/mol. The topological polar surface area (TPSA) is 80.1 Å². The number of aromatic nitrogens is 3. The molecule has 8 heteroatoms. The second-order valence-corrected chi connectivity index (χ2v) is 8.56. The van der Waals surface area contributed by atoms with E-state index in [4.69, 9.17) is 0 Å². The van der Waals surface area contributed by atoms with Gasteiger partial charge in [0.25, 0.3) is 0 Å². The molecule has 160 valence electrons. The molecule has 1 N–H and O–H groups in total. The zero-order valence-electron chi connectivity index (χ0n) is 17.7. The maximum atomic E-state index is 12.7. The molecule has 0 aliphatic carbocycles. The molecule has 0 spiro atoms. The van der Waals surface area contributed by atoms with Crippen LogP contribution in [0.15, 0.2) is 53.7 Å². The van der Waals surface area contributed by atoms with Gasteiger partial charge >= 0.3 is 0 Å². The Hall–Kier alpha value is -3.13. The number of hydrogen-bond acceptors (Lipinski definition) is 5. The van der Waals surface area contributed by atoms with Gasteiger partial charge in [-0.25, -0.2) is 0 Å². The highest BCUT2D eigenvalue weighted by atomic mass is 32.2. The van der Waals surface area contributed by atoms with Gasteiger partial charge in [-0.05, 0) is 36.1 Å². The van der Waals surface area contributed by atoms with Crippen LogP contribution in [0.5, 0.6) is 0 Å². The standard InChI is InChI=1S/C23H25N5O2S/c1-16-7-3-6-10-19(16)24-21(29)13-20-25-26-23(27(20)2)31-15-22(30)28-12-11-17-8-4-5-9-18(17)14-28/h3-10H,11-15H2,1-2H3,(H,24,29). The average molecular weight is 436 g/mol. The van der Waals surface area contributed by atoms with Crippen molar-refractivity contribution in [1.29, 1.82) is 0 Å². The van der Waals surface area contributed by atoms with E-state index in [2.05, 4.69) is 27.6 Å². The molecule has 0 bridgehead atoms. The summed E-state index contributed by atoms with van der Waals surface area (Å²) in [6.07, 6.45) is 1.01. The summed E-state index contributed by atoms with van der Waals surface area (Å²) < 4.78 is 1.78. The number of anilines is 1. The lowest BCUT2D eigenvalue weighted by molar-refractivity contribution is -0.129. The van der Waals surface area contributed by atoms with Gasteiger partial charge in [0.1, 0.15) is 5.82 Å². The van der Waals surface area contributed by atoms with E-state index in [1.807, 2.05) is 55.3 Å². The molecule has 1 aliphatic heterocycles. The van der Waals surface area contributed by atoms with Crippen molar-refractivity contribution in [2.45, 2.75) is 31.5 Å². The molecular weight excluding hydrogens is 410 g/mol. The second-order valence-electron chi connectivity index (χ2n) is 7.62. The molecule has 2 amide bonds. The van der Waals surface area contributed by atoms with Gasteiger partial charge in [0, 0.05) is 25.8 Å². The molecule has 7 nitrogen and oxygen atoms in total. The molecule has 0 saturated heterocycles. The highest BCUT2D eigenvalue weighted by Gasteiger charge is 2.21. The van der Waals surface area contributed by atoms with Crippen LogP contribution < -0.4 is 5.32 Å². The van der Waals surface area contributed by atoms with E-state index >= 15 is 0 Å². The summed E-state index contributed by atoms with van der Waals surface area (Å²) in [5.41, 5.74) is 4.33. The van der Waals surface area contributed by atoms with E-state index in [1.54, 1.807) is 4.57 Å². The largest absolute Gasteiger partial charge is 0.337 e. The summed E-state index contributed by atoms with van der Waals surface area (Å²) in [5, 5.41) is 11.9. The Morgan fingerprint density at radius 2 is 1.81 bits per heavy atom. The predicted molar refractivity (Wildman–Crippen MR) is 121 cm³/mol. The van der Waals surface area contributed by atoms with Crippen molar-refractivity contribution in [3.05, 3.63) is 71.0 Å². The Balaban J connectivity index is 1.32. The number of benzene rings is 2. The first kappa shape index (κ1) is 21.1. The van der Waals surface area contributed by atoms with E-state index in [0.29, 0.717) is 23.3 Å². The Morgan fingerprint density at radius 3 is 2.61 bits per heavy atom. The molecule has 0 unspecified atom stereocenters. The van der Waals surface area contributed by atoms with E-state index in [1.165, 1.54) is 22.9 Å². The molecule has 31 heavy (non-hydrogen) atoms. The minimum Gasteiger partial charge on any atom is -0.337 e. The fourth-order valence-electron chi connectivity index (χ4n) is 3.60. The number of para-hydroxylation sites is 1. The molecular formula is C23H25N5O2S. The summed E-state index contributed by atoms with van der Waals surface area (Å²) in [6, 6.07) is 15.9. The number of rotatable bonds is 6. The van der Waals surface area contributed by atoms with Crippen LogP contribution in [0.4, 0.5) is 5.69 Å². The Morgan fingerprint density at radius 1 is 1.06 bits per heavy atom. The van der Waals surface area contributed by atoms with Gasteiger partial charge < -0.3 is 14.8 Å². The Kier molecular flexibility index (Phi) is 6.36. The van der Waals surface area contributed by atoms with Crippen LogP contribution in [0.3, 0.4) is 0 Å². The number of nitrogens with one attached hydrogen (secondary N) is 1. The van der Waals surface area contributed by atoms with Gasteiger partial charge in [-0.3, -0.25) is 9.59 Å². The first-order chi connectivity index (χ1) is 15.0. The van der Waals surface area contributed by atoms with Crippen LogP contribution in [0.25, 0.3) is 0 Å². The number of thioether (sulfide) groups is 1. The molecule has 1 aliphatic rings. The third kappa shape index (κ3) is 4.96. The lowest BCUT2D eigenvalue weighted by Crippen LogP contribution is -2.37. The van der Waals surface area contributed by atoms with Gasteiger partial charge in [-0.2, -0.15) is 0 Å². The predicted octanol–water partition coefficient (Wildman–Crippen LogP) is 2.98. The van der Waals surface area contributed by atoms with Crippen LogP contribution in [0.2, 0.25) is 0 Å². The van der Waals surface area contributed by atoms with E-state index in [9.17, 15) is 9.59 Å². The first-order valence-electron chi connectivity index (χ1n) is 10.2. The molecule has 0 radical (unpaired) electrons. The number of fused-ring (bicyclic) bond motifs is 1. The van der Waals surface area contributed by atoms with Crippen LogP contribution in [0, 0.1) is 6.92 Å². The molecule has 3 aromatic rings. The minimum atomic E-state index is -0.149. The van der Waals surface area contributed by atoms with Gasteiger partial charge in [0.15, 0.2) is 5.16 Å². The zero-order valence-corrected chi connectivity index (χ0v) is 18.5. The Labute approximate surface area is 185 Å². The fraction of sp³-hybridized carbons (Fsp3) is 0.304. The third-order valence-electron chi connectivity index (χ3n) is 5.47. The number of carbonyl (C=O) groups excluding carboxylic acids is 2. The van der Waals surface area contributed by atoms with E-state index in [-0.39, 0.29) is 18.2 Å². The van der Waals surface area contributed by atoms with Crippen molar-refractivity contribution in [3.63, 3.8) is 0 Å². The highest BCUT2D eigenvalue weighted by Crippen LogP contribution is 2.22.